The largest absolute Gasteiger partial charge is 0.497 e. The summed E-state index contributed by atoms with van der Waals surface area (Å²) >= 11 is 0. The molecule has 1 amide bonds. The zero-order valence-corrected chi connectivity index (χ0v) is 18.5. The van der Waals surface area contributed by atoms with Crippen molar-refractivity contribution in [2.24, 2.45) is 5.92 Å². The summed E-state index contributed by atoms with van der Waals surface area (Å²) in [4.78, 5) is 15.0. The van der Waals surface area contributed by atoms with Gasteiger partial charge in [0.1, 0.15) is 17.3 Å². The second kappa shape index (κ2) is 10.4. The Balaban J connectivity index is 1.85. The van der Waals surface area contributed by atoms with E-state index in [1.807, 2.05) is 30.3 Å². The number of halogens is 1. The lowest BCUT2D eigenvalue weighted by Crippen LogP contribution is -2.45. The molecule has 31 heavy (non-hydrogen) atoms. The molecule has 6 heteroatoms. The third kappa shape index (κ3) is 5.85. The van der Waals surface area contributed by atoms with E-state index in [9.17, 15) is 9.18 Å². The number of carbonyl (C=O) groups excluding carboxylic acids is 1. The van der Waals surface area contributed by atoms with Gasteiger partial charge >= 0.3 is 0 Å². The Hall–Kier alpha value is -2.86. The van der Waals surface area contributed by atoms with Crippen molar-refractivity contribution < 1.29 is 18.7 Å². The highest BCUT2D eigenvalue weighted by Gasteiger charge is 2.32. The summed E-state index contributed by atoms with van der Waals surface area (Å²) in [5, 5.41) is 2.93. The van der Waals surface area contributed by atoms with Crippen molar-refractivity contribution in [2.75, 3.05) is 33.9 Å². The normalized spacial score (nSPS) is 19.0. The summed E-state index contributed by atoms with van der Waals surface area (Å²) in [7, 11) is 3.26. The first-order valence-electron chi connectivity index (χ1n) is 10.5. The number of nitrogens with one attached hydrogen (secondary N) is 1. The molecule has 0 unspecified atom stereocenters. The summed E-state index contributed by atoms with van der Waals surface area (Å²) in [5.41, 5.74) is 2.74. The van der Waals surface area contributed by atoms with Gasteiger partial charge in [0.25, 0.3) is 0 Å². The van der Waals surface area contributed by atoms with E-state index in [0.29, 0.717) is 25.2 Å². The molecule has 166 valence electrons. The molecule has 2 aromatic rings. The molecular weight excluding hydrogens is 395 g/mol. The third-order valence-electron chi connectivity index (χ3n) is 5.79. The van der Waals surface area contributed by atoms with Crippen LogP contribution >= 0.6 is 0 Å². The van der Waals surface area contributed by atoms with E-state index in [0.717, 1.165) is 35.6 Å². The molecule has 1 aliphatic heterocycles. The standard InChI is InChI=1S/C25H31FN2O3/c1-5-8-27-25(29)21-12-20(19-6-7-24(26)17(2)9-19)15-28(16-21)14-18-10-22(30-3)13-23(11-18)31-4/h5-7,9-11,13,20-21H,1,8,12,14-16H2,2-4H3,(H,27,29)/t20-,21+/m0/s1. The van der Waals surface area contributed by atoms with Crippen LogP contribution in [0, 0.1) is 18.7 Å². The van der Waals surface area contributed by atoms with Crippen LogP contribution in [0.25, 0.3) is 0 Å². The Bertz CT molecular complexity index is 909. The quantitative estimate of drug-likeness (QED) is 0.647. The zero-order valence-electron chi connectivity index (χ0n) is 18.5. The molecule has 1 N–H and O–H groups in total. The minimum atomic E-state index is -0.208. The topological polar surface area (TPSA) is 50.8 Å². The molecule has 1 saturated heterocycles. The first-order chi connectivity index (χ1) is 14.9. The van der Waals surface area contributed by atoms with E-state index < -0.39 is 0 Å². The van der Waals surface area contributed by atoms with Crippen LogP contribution in [0.2, 0.25) is 0 Å². The summed E-state index contributed by atoms with van der Waals surface area (Å²) in [6.45, 7) is 8.00. The number of hydrogen-bond donors (Lipinski definition) is 1. The first kappa shape index (κ1) is 22.8. The van der Waals surface area contributed by atoms with Gasteiger partial charge in [-0.3, -0.25) is 9.69 Å². The Morgan fingerprint density at radius 3 is 2.52 bits per heavy atom. The van der Waals surface area contributed by atoms with E-state index >= 15 is 0 Å². The Morgan fingerprint density at radius 1 is 1.19 bits per heavy atom. The second-order valence-corrected chi connectivity index (χ2v) is 8.09. The minimum absolute atomic E-state index is 0.0247. The molecule has 1 heterocycles. The number of benzene rings is 2. The Morgan fingerprint density at radius 2 is 1.90 bits per heavy atom. The predicted octanol–water partition coefficient (Wildman–Crippen LogP) is 4.06. The van der Waals surface area contributed by atoms with E-state index in [1.54, 1.807) is 27.2 Å². The van der Waals surface area contributed by atoms with Gasteiger partial charge in [0.2, 0.25) is 5.91 Å². The molecule has 0 radical (unpaired) electrons. The number of carbonyl (C=O) groups is 1. The number of likely N-dealkylation sites (tertiary alicyclic amines) is 1. The molecule has 5 nitrogen and oxygen atoms in total. The van der Waals surface area contributed by atoms with E-state index in [4.69, 9.17) is 9.47 Å². The first-order valence-corrected chi connectivity index (χ1v) is 10.5. The van der Waals surface area contributed by atoms with Crippen LogP contribution in [-0.2, 0) is 11.3 Å². The molecule has 0 aromatic heterocycles. The smallest absolute Gasteiger partial charge is 0.224 e. The molecule has 1 fully saturated rings. The lowest BCUT2D eigenvalue weighted by atomic mass is 9.83. The summed E-state index contributed by atoms with van der Waals surface area (Å²) in [6.07, 6.45) is 2.41. The van der Waals surface area contributed by atoms with E-state index in [1.165, 1.54) is 6.07 Å². The maximum Gasteiger partial charge on any atom is 0.224 e. The SMILES string of the molecule is C=CCNC(=O)[C@@H]1C[C@H](c2ccc(F)c(C)c2)CN(Cc2cc(OC)cc(OC)c2)C1. The van der Waals surface area contributed by atoms with E-state index in [-0.39, 0.29) is 23.6 Å². The maximum atomic E-state index is 13.8. The van der Waals surface area contributed by atoms with Crippen LogP contribution in [0.5, 0.6) is 11.5 Å². The molecule has 2 atom stereocenters. The number of piperidine rings is 1. The molecule has 0 spiro atoms. The monoisotopic (exact) mass is 426 g/mol. The van der Waals surface area contributed by atoms with Gasteiger partial charge in [-0.15, -0.1) is 6.58 Å². The highest BCUT2D eigenvalue weighted by Crippen LogP contribution is 2.33. The van der Waals surface area contributed by atoms with Crippen molar-refractivity contribution in [1.82, 2.24) is 10.2 Å². The number of nitrogens with zero attached hydrogens (tertiary/aromatic N) is 1. The number of ether oxygens (including phenoxy) is 2. The molecule has 2 aromatic carbocycles. The number of amides is 1. The maximum absolute atomic E-state index is 13.8. The van der Waals surface area contributed by atoms with Crippen LogP contribution in [-0.4, -0.2) is 44.7 Å². The average molecular weight is 427 g/mol. The fraction of sp³-hybridized carbons (Fsp3) is 0.400. The van der Waals surface area contributed by atoms with Crippen molar-refractivity contribution >= 4 is 5.91 Å². The predicted molar refractivity (Wildman–Crippen MR) is 120 cm³/mol. The second-order valence-electron chi connectivity index (χ2n) is 8.09. The van der Waals surface area contributed by atoms with Gasteiger partial charge in [-0.05, 0) is 54.2 Å². The van der Waals surface area contributed by atoms with Crippen molar-refractivity contribution in [1.29, 1.82) is 0 Å². The lowest BCUT2D eigenvalue weighted by molar-refractivity contribution is -0.126. The van der Waals surface area contributed by atoms with Crippen LogP contribution in [0.1, 0.15) is 29.0 Å². The molecule has 3 rings (SSSR count). The molecular formula is C25H31FN2O3. The van der Waals surface area contributed by atoms with Gasteiger partial charge < -0.3 is 14.8 Å². The van der Waals surface area contributed by atoms with Gasteiger partial charge in [-0.2, -0.15) is 0 Å². The van der Waals surface area contributed by atoms with Crippen LogP contribution in [0.15, 0.2) is 49.1 Å². The summed E-state index contributed by atoms with van der Waals surface area (Å²) in [6, 6.07) is 11.1. The number of rotatable bonds is 8. The van der Waals surface area contributed by atoms with Crippen LogP contribution in [0.3, 0.4) is 0 Å². The molecule has 0 aliphatic carbocycles. The van der Waals surface area contributed by atoms with Crippen molar-refractivity contribution in [3.63, 3.8) is 0 Å². The van der Waals surface area contributed by atoms with Crippen LogP contribution < -0.4 is 14.8 Å². The molecule has 1 aliphatic rings. The fourth-order valence-electron chi connectivity index (χ4n) is 4.21. The molecule has 0 bridgehead atoms. The summed E-state index contributed by atoms with van der Waals surface area (Å²) in [5.74, 6) is 1.27. The fourth-order valence-corrected chi connectivity index (χ4v) is 4.21. The van der Waals surface area contributed by atoms with Crippen LogP contribution in [0.4, 0.5) is 4.39 Å². The Labute approximate surface area is 183 Å². The van der Waals surface area contributed by atoms with Gasteiger partial charge in [0, 0.05) is 32.2 Å². The number of methoxy groups -OCH3 is 2. The molecule has 0 saturated carbocycles. The van der Waals surface area contributed by atoms with Gasteiger partial charge in [-0.1, -0.05) is 18.2 Å². The van der Waals surface area contributed by atoms with Crippen molar-refractivity contribution in [3.05, 3.63) is 71.6 Å². The number of hydrogen-bond acceptors (Lipinski definition) is 4. The number of aryl methyl sites for hydroxylation is 1. The lowest BCUT2D eigenvalue weighted by Gasteiger charge is -2.37. The average Bonchev–Trinajstić information content (AvgIpc) is 2.78. The van der Waals surface area contributed by atoms with Crippen molar-refractivity contribution in [2.45, 2.75) is 25.8 Å². The highest BCUT2D eigenvalue weighted by atomic mass is 19.1. The van der Waals surface area contributed by atoms with Gasteiger partial charge in [0.15, 0.2) is 0 Å². The Kier molecular flexibility index (Phi) is 7.69. The van der Waals surface area contributed by atoms with Crippen molar-refractivity contribution in [3.8, 4) is 11.5 Å². The van der Waals surface area contributed by atoms with Gasteiger partial charge in [-0.25, -0.2) is 4.39 Å². The highest BCUT2D eigenvalue weighted by molar-refractivity contribution is 5.79. The third-order valence-corrected chi connectivity index (χ3v) is 5.79. The van der Waals surface area contributed by atoms with Gasteiger partial charge in [0.05, 0.1) is 20.1 Å². The zero-order chi connectivity index (χ0) is 22.4. The van der Waals surface area contributed by atoms with E-state index in [2.05, 4.69) is 16.8 Å². The minimum Gasteiger partial charge on any atom is -0.497 e. The summed E-state index contributed by atoms with van der Waals surface area (Å²) < 4.78 is 24.6.